The van der Waals surface area contributed by atoms with Crippen LogP contribution >= 0.6 is 0 Å². The average Bonchev–Trinajstić information content (AvgIpc) is 3.00. The number of hydrogen-bond acceptors (Lipinski definition) is 4. The van der Waals surface area contributed by atoms with E-state index in [9.17, 15) is 8.42 Å². The lowest BCUT2D eigenvalue weighted by Crippen LogP contribution is -2.53. The van der Waals surface area contributed by atoms with E-state index < -0.39 is 10.2 Å². The molecule has 2 heterocycles. The van der Waals surface area contributed by atoms with Gasteiger partial charge in [0.1, 0.15) is 0 Å². The lowest BCUT2D eigenvalue weighted by molar-refractivity contribution is 0.173. The molecule has 0 saturated carbocycles. The van der Waals surface area contributed by atoms with Crippen molar-refractivity contribution in [3.8, 4) is 0 Å². The van der Waals surface area contributed by atoms with E-state index in [0.29, 0.717) is 26.2 Å². The predicted octanol–water partition coefficient (Wildman–Crippen LogP) is 0.894. The predicted molar refractivity (Wildman–Crippen MR) is 86.5 cm³/mol. The van der Waals surface area contributed by atoms with Gasteiger partial charge >= 0.3 is 0 Å². The van der Waals surface area contributed by atoms with Gasteiger partial charge in [-0.2, -0.15) is 22.1 Å². The maximum absolute atomic E-state index is 12.7. The van der Waals surface area contributed by atoms with Crippen LogP contribution in [0, 0.1) is 0 Å². The molecule has 22 heavy (non-hydrogen) atoms. The highest BCUT2D eigenvalue weighted by molar-refractivity contribution is 7.86. The maximum Gasteiger partial charge on any atom is 0.282 e. The SMILES string of the molecule is CCCN(CCC)S(=O)(=O)N1CCN(Cc2ccn[nH]2)CC1. The molecule has 1 aliphatic heterocycles. The molecule has 1 fully saturated rings. The van der Waals surface area contributed by atoms with Crippen molar-refractivity contribution < 1.29 is 8.42 Å². The van der Waals surface area contributed by atoms with Crippen LogP contribution in [0.5, 0.6) is 0 Å². The number of hydrogen-bond donors (Lipinski definition) is 1. The van der Waals surface area contributed by atoms with Gasteiger partial charge in [-0.3, -0.25) is 10.00 Å². The van der Waals surface area contributed by atoms with Crippen LogP contribution in [-0.2, 0) is 16.8 Å². The Labute approximate surface area is 133 Å². The minimum atomic E-state index is -3.31. The zero-order valence-electron chi connectivity index (χ0n) is 13.5. The molecule has 0 aliphatic carbocycles. The smallest absolute Gasteiger partial charge is 0.282 e. The molecule has 126 valence electrons. The molecule has 1 aliphatic rings. The maximum atomic E-state index is 12.7. The van der Waals surface area contributed by atoms with Crippen LogP contribution in [0.4, 0.5) is 0 Å². The van der Waals surface area contributed by atoms with Crippen molar-refractivity contribution in [3.63, 3.8) is 0 Å². The second-order valence-corrected chi connectivity index (χ2v) is 7.59. The Kier molecular flexibility index (Phi) is 6.37. The van der Waals surface area contributed by atoms with E-state index in [0.717, 1.165) is 38.2 Å². The molecule has 0 aromatic carbocycles. The van der Waals surface area contributed by atoms with Gasteiger partial charge in [0, 0.05) is 57.7 Å². The molecule has 1 aromatic rings. The number of aromatic amines is 1. The third-order valence-corrected chi connectivity index (χ3v) is 5.92. The van der Waals surface area contributed by atoms with E-state index in [1.807, 2.05) is 19.9 Å². The molecule has 1 saturated heterocycles. The topological polar surface area (TPSA) is 72.5 Å². The van der Waals surface area contributed by atoms with Crippen LogP contribution in [0.1, 0.15) is 32.4 Å². The Morgan fingerprint density at radius 2 is 1.82 bits per heavy atom. The van der Waals surface area contributed by atoms with Gasteiger partial charge in [-0.25, -0.2) is 0 Å². The van der Waals surface area contributed by atoms with Crippen molar-refractivity contribution in [2.24, 2.45) is 0 Å². The highest BCUT2D eigenvalue weighted by Gasteiger charge is 2.31. The quantitative estimate of drug-likeness (QED) is 0.769. The van der Waals surface area contributed by atoms with Crippen LogP contribution in [0.25, 0.3) is 0 Å². The summed E-state index contributed by atoms with van der Waals surface area (Å²) >= 11 is 0. The highest BCUT2D eigenvalue weighted by Crippen LogP contribution is 2.14. The van der Waals surface area contributed by atoms with Gasteiger partial charge in [0.15, 0.2) is 0 Å². The van der Waals surface area contributed by atoms with Gasteiger partial charge < -0.3 is 0 Å². The molecular formula is C14H27N5O2S. The molecule has 0 spiro atoms. The number of aromatic nitrogens is 2. The Morgan fingerprint density at radius 3 is 2.32 bits per heavy atom. The molecule has 0 atom stereocenters. The van der Waals surface area contributed by atoms with E-state index in [1.165, 1.54) is 0 Å². The largest absolute Gasteiger partial charge is 0.295 e. The van der Waals surface area contributed by atoms with E-state index in [4.69, 9.17) is 0 Å². The molecule has 1 N–H and O–H groups in total. The normalized spacial score (nSPS) is 18.1. The summed E-state index contributed by atoms with van der Waals surface area (Å²) in [6, 6.07) is 1.95. The van der Waals surface area contributed by atoms with Crippen LogP contribution in [-0.4, -0.2) is 71.4 Å². The first-order chi connectivity index (χ1) is 10.6. The Morgan fingerprint density at radius 1 is 1.18 bits per heavy atom. The zero-order chi connectivity index (χ0) is 16.0. The average molecular weight is 329 g/mol. The molecule has 7 nitrogen and oxygen atoms in total. The Balaban J connectivity index is 1.91. The third kappa shape index (κ3) is 4.28. The second kappa shape index (κ2) is 8.05. The fourth-order valence-corrected chi connectivity index (χ4v) is 4.51. The highest BCUT2D eigenvalue weighted by atomic mass is 32.2. The first-order valence-corrected chi connectivity index (χ1v) is 9.43. The number of rotatable bonds is 8. The van der Waals surface area contributed by atoms with Crippen LogP contribution in [0.3, 0.4) is 0 Å². The summed E-state index contributed by atoms with van der Waals surface area (Å²) in [5.41, 5.74) is 1.06. The molecule has 0 radical (unpaired) electrons. The molecule has 0 bridgehead atoms. The summed E-state index contributed by atoms with van der Waals surface area (Å²) in [4.78, 5) is 2.25. The number of piperazine rings is 1. The number of H-pyrrole nitrogens is 1. The standard InChI is InChI=1S/C14H27N5O2S/c1-3-7-18(8-4-2)22(20,21)19-11-9-17(10-12-19)13-14-5-6-15-16-14/h5-6H,3-4,7-13H2,1-2H3,(H,15,16). The van der Waals surface area contributed by atoms with E-state index >= 15 is 0 Å². The van der Waals surface area contributed by atoms with Gasteiger partial charge in [0.05, 0.1) is 0 Å². The van der Waals surface area contributed by atoms with Gasteiger partial charge in [0.2, 0.25) is 0 Å². The van der Waals surface area contributed by atoms with Crippen molar-refractivity contribution in [2.75, 3.05) is 39.3 Å². The summed E-state index contributed by atoms with van der Waals surface area (Å²) < 4.78 is 28.7. The van der Waals surface area contributed by atoms with Crippen molar-refractivity contribution in [1.29, 1.82) is 0 Å². The summed E-state index contributed by atoms with van der Waals surface area (Å²) in [6.07, 6.45) is 3.43. The zero-order valence-corrected chi connectivity index (χ0v) is 14.3. The van der Waals surface area contributed by atoms with Crippen molar-refractivity contribution >= 4 is 10.2 Å². The molecule has 0 unspecified atom stereocenters. The first kappa shape index (κ1) is 17.4. The van der Waals surface area contributed by atoms with Crippen LogP contribution in [0.2, 0.25) is 0 Å². The van der Waals surface area contributed by atoms with Crippen molar-refractivity contribution in [3.05, 3.63) is 18.0 Å². The molecule has 1 aromatic heterocycles. The molecule has 0 amide bonds. The van der Waals surface area contributed by atoms with Gasteiger partial charge in [-0.05, 0) is 18.9 Å². The monoisotopic (exact) mass is 329 g/mol. The summed E-state index contributed by atoms with van der Waals surface area (Å²) in [5, 5.41) is 6.89. The molecule has 8 heteroatoms. The van der Waals surface area contributed by atoms with Crippen LogP contribution < -0.4 is 0 Å². The van der Waals surface area contributed by atoms with Gasteiger partial charge in [0.25, 0.3) is 10.2 Å². The van der Waals surface area contributed by atoms with Crippen LogP contribution in [0.15, 0.2) is 12.3 Å². The third-order valence-electron chi connectivity index (χ3n) is 3.88. The van der Waals surface area contributed by atoms with Gasteiger partial charge in [-0.15, -0.1) is 0 Å². The molecular weight excluding hydrogens is 302 g/mol. The number of nitrogens with one attached hydrogen (secondary N) is 1. The summed E-state index contributed by atoms with van der Waals surface area (Å²) in [5.74, 6) is 0. The Hall–Kier alpha value is -0.960. The van der Waals surface area contributed by atoms with Crippen molar-refractivity contribution in [2.45, 2.75) is 33.2 Å². The van der Waals surface area contributed by atoms with Gasteiger partial charge in [-0.1, -0.05) is 13.8 Å². The number of nitrogens with zero attached hydrogens (tertiary/aromatic N) is 4. The molecule has 2 rings (SSSR count). The lowest BCUT2D eigenvalue weighted by atomic mass is 10.3. The van der Waals surface area contributed by atoms with E-state index in [1.54, 1.807) is 14.8 Å². The first-order valence-electron chi connectivity index (χ1n) is 8.03. The summed E-state index contributed by atoms with van der Waals surface area (Å²) in [7, 11) is -3.31. The van der Waals surface area contributed by atoms with E-state index in [2.05, 4.69) is 15.1 Å². The minimum absolute atomic E-state index is 0.556. The fraction of sp³-hybridized carbons (Fsp3) is 0.786. The Bertz CT molecular complexity index is 517. The minimum Gasteiger partial charge on any atom is -0.295 e. The lowest BCUT2D eigenvalue weighted by Gasteiger charge is -2.36. The van der Waals surface area contributed by atoms with Crippen molar-refractivity contribution in [1.82, 2.24) is 23.7 Å². The second-order valence-electron chi connectivity index (χ2n) is 5.66. The summed E-state index contributed by atoms with van der Waals surface area (Å²) in [6.45, 7) is 8.65. The fourth-order valence-electron chi connectivity index (χ4n) is 2.74. The van der Waals surface area contributed by atoms with E-state index in [-0.39, 0.29) is 0 Å².